The molecule has 6 nitrogen and oxygen atoms in total. The van der Waals surface area contributed by atoms with Crippen molar-refractivity contribution in [2.24, 2.45) is 5.92 Å². The summed E-state index contributed by atoms with van der Waals surface area (Å²) in [6.45, 7) is 2.83. The number of rotatable bonds is 4. The molecule has 3 aromatic rings. The van der Waals surface area contributed by atoms with E-state index in [-0.39, 0.29) is 23.5 Å². The van der Waals surface area contributed by atoms with E-state index in [0.717, 1.165) is 28.5 Å². The number of ether oxygens (including phenoxy) is 1. The molecule has 160 valence electrons. The molecule has 0 spiro atoms. The fourth-order valence-corrected chi connectivity index (χ4v) is 4.16. The van der Waals surface area contributed by atoms with Gasteiger partial charge in [-0.25, -0.2) is 0 Å². The molecule has 2 N–H and O–H groups in total. The van der Waals surface area contributed by atoms with Gasteiger partial charge in [-0.2, -0.15) is 0 Å². The summed E-state index contributed by atoms with van der Waals surface area (Å²) < 4.78 is 5.43. The lowest BCUT2D eigenvalue weighted by Gasteiger charge is -2.32. The summed E-state index contributed by atoms with van der Waals surface area (Å²) in [5.41, 5.74) is 1.91. The van der Waals surface area contributed by atoms with E-state index >= 15 is 0 Å². The number of aromatic hydroxyl groups is 1. The first-order valence-corrected chi connectivity index (χ1v) is 10.4. The third-order valence-corrected chi connectivity index (χ3v) is 5.82. The van der Waals surface area contributed by atoms with Crippen LogP contribution in [0.1, 0.15) is 28.8 Å². The highest BCUT2D eigenvalue weighted by atomic mass is 16.5. The van der Waals surface area contributed by atoms with Crippen LogP contribution in [0.15, 0.2) is 54.6 Å². The number of phenols is 1. The fourth-order valence-electron chi connectivity index (χ4n) is 4.16. The number of carbonyl (C=O) groups is 2. The van der Waals surface area contributed by atoms with Gasteiger partial charge in [-0.1, -0.05) is 30.3 Å². The number of fused-ring (bicyclic) bond motifs is 1. The van der Waals surface area contributed by atoms with E-state index in [4.69, 9.17) is 4.74 Å². The number of aryl methyl sites for hydroxylation is 1. The first-order valence-electron chi connectivity index (χ1n) is 10.4. The summed E-state index contributed by atoms with van der Waals surface area (Å²) in [5.74, 6) is 0.163. The third-order valence-electron chi connectivity index (χ3n) is 5.82. The number of hydrogen-bond donors (Lipinski definition) is 2. The number of hydrogen-bond acceptors (Lipinski definition) is 4. The highest BCUT2D eigenvalue weighted by Gasteiger charge is 2.30. The second-order valence-corrected chi connectivity index (χ2v) is 7.96. The highest BCUT2D eigenvalue weighted by Crippen LogP contribution is 2.31. The van der Waals surface area contributed by atoms with Crippen LogP contribution in [0, 0.1) is 12.8 Å². The van der Waals surface area contributed by atoms with Gasteiger partial charge in [0.2, 0.25) is 5.91 Å². The van der Waals surface area contributed by atoms with Crippen LogP contribution < -0.4 is 10.1 Å². The molecule has 0 bridgehead atoms. The van der Waals surface area contributed by atoms with Crippen LogP contribution in [0.3, 0.4) is 0 Å². The predicted molar refractivity (Wildman–Crippen MR) is 121 cm³/mol. The number of methoxy groups -OCH3 is 1. The molecular formula is C25H26N2O4. The average Bonchev–Trinajstić information content (AvgIpc) is 2.79. The lowest BCUT2D eigenvalue weighted by molar-refractivity contribution is -0.121. The molecule has 0 aliphatic carbocycles. The molecular weight excluding hydrogens is 392 g/mol. The van der Waals surface area contributed by atoms with Gasteiger partial charge in [0.05, 0.1) is 18.7 Å². The van der Waals surface area contributed by atoms with E-state index in [1.165, 1.54) is 0 Å². The van der Waals surface area contributed by atoms with Gasteiger partial charge < -0.3 is 20.1 Å². The molecule has 6 heteroatoms. The van der Waals surface area contributed by atoms with Crippen molar-refractivity contribution in [2.75, 3.05) is 25.5 Å². The Morgan fingerprint density at radius 2 is 1.87 bits per heavy atom. The summed E-state index contributed by atoms with van der Waals surface area (Å²) in [7, 11) is 1.61. The molecule has 0 saturated carbocycles. The van der Waals surface area contributed by atoms with Gasteiger partial charge in [0, 0.05) is 24.0 Å². The minimum atomic E-state index is -0.331. The minimum Gasteiger partial charge on any atom is -0.506 e. The van der Waals surface area contributed by atoms with Crippen LogP contribution in [0.5, 0.6) is 11.5 Å². The smallest absolute Gasteiger partial charge is 0.254 e. The van der Waals surface area contributed by atoms with Gasteiger partial charge >= 0.3 is 0 Å². The van der Waals surface area contributed by atoms with Crippen LogP contribution in [0.4, 0.5) is 5.69 Å². The summed E-state index contributed by atoms with van der Waals surface area (Å²) in [6, 6.07) is 16.4. The second kappa shape index (κ2) is 8.68. The van der Waals surface area contributed by atoms with Crippen LogP contribution in [-0.2, 0) is 4.79 Å². The standard InChI is InChI=1S/C25H26N2O4/c1-16-9-11-21(22(28)14-16)26-24(29)17-6-5-13-27(15-17)25(30)20-10-12-23(31-2)19-8-4-3-7-18(19)20/h3-4,7-12,14,17,28H,5-6,13,15H2,1-2H3,(H,26,29)/t17-/m1/s1. The number of likely N-dealkylation sites (tertiary alicyclic amines) is 1. The van der Waals surface area contributed by atoms with E-state index < -0.39 is 0 Å². The second-order valence-electron chi connectivity index (χ2n) is 7.96. The molecule has 4 rings (SSSR count). The summed E-state index contributed by atoms with van der Waals surface area (Å²) in [4.78, 5) is 27.9. The monoisotopic (exact) mass is 418 g/mol. The molecule has 1 atom stereocenters. The number of piperidine rings is 1. The van der Waals surface area contributed by atoms with Crippen LogP contribution in [-0.4, -0.2) is 42.0 Å². The molecule has 31 heavy (non-hydrogen) atoms. The van der Waals surface area contributed by atoms with Crippen molar-refractivity contribution in [3.05, 3.63) is 65.7 Å². The maximum Gasteiger partial charge on any atom is 0.254 e. The Hall–Kier alpha value is -3.54. The van der Waals surface area contributed by atoms with Gasteiger partial charge in [0.1, 0.15) is 11.5 Å². The number of phenolic OH excluding ortho intramolecular Hbond substituents is 1. The van der Waals surface area contributed by atoms with Crippen molar-refractivity contribution in [1.29, 1.82) is 0 Å². The maximum atomic E-state index is 13.3. The number of benzene rings is 3. The maximum absolute atomic E-state index is 13.3. The minimum absolute atomic E-state index is 0.0433. The topological polar surface area (TPSA) is 78.9 Å². The van der Waals surface area contributed by atoms with Crippen LogP contribution >= 0.6 is 0 Å². The lowest BCUT2D eigenvalue weighted by atomic mass is 9.95. The molecule has 1 fully saturated rings. The average molecular weight is 418 g/mol. The molecule has 2 amide bonds. The Kier molecular flexibility index (Phi) is 5.80. The largest absolute Gasteiger partial charge is 0.506 e. The van der Waals surface area contributed by atoms with Gasteiger partial charge in [0.15, 0.2) is 0 Å². The van der Waals surface area contributed by atoms with E-state index in [0.29, 0.717) is 30.8 Å². The number of nitrogens with zero attached hydrogens (tertiary/aromatic N) is 1. The molecule has 3 aromatic carbocycles. The van der Waals surface area contributed by atoms with Gasteiger partial charge in [-0.3, -0.25) is 9.59 Å². The lowest BCUT2D eigenvalue weighted by Crippen LogP contribution is -2.43. The first-order chi connectivity index (χ1) is 15.0. The zero-order valence-electron chi connectivity index (χ0n) is 17.7. The Labute approximate surface area is 181 Å². The van der Waals surface area contributed by atoms with Crippen LogP contribution in [0.25, 0.3) is 10.8 Å². The Morgan fingerprint density at radius 1 is 1.10 bits per heavy atom. The van der Waals surface area contributed by atoms with Crippen molar-refractivity contribution in [2.45, 2.75) is 19.8 Å². The quantitative estimate of drug-likeness (QED) is 0.618. The summed E-state index contributed by atoms with van der Waals surface area (Å²) >= 11 is 0. The summed E-state index contributed by atoms with van der Waals surface area (Å²) in [6.07, 6.45) is 1.45. The number of amides is 2. The third kappa shape index (κ3) is 4.19. The molecule has 1 aliphatic rings. The predicted octanol–water partition coefficient (Wildman–Crippen LogP) is 4.35. The molecule has 1 heterocycles. The Bertz CT molecular complexity index is 1140. The van der Waals surface area contributed by atoms with Crippen molar-refractivity contribution in [3.63, 3.8) is 0 Å². The van der Waals surface area contributed by atoms with Crippen molar-refractivity contribution in [3.8, 4) is 11.5 Å². The van der Waals surface area contributed by atoms with Crippen molar-refractivity contribution >= 4 is 28.3 Å². The normalized spacial score (nSPS) is 16.2. The van der Waals surface area contributed by atoms with E-state index in [2.05, 4.69) is 5.32 Å². The Morgan fingerprint density at radius 3 is 2.61 bits per heavy atom. The van der Waals surface area contributed by atoms with E-state index in [9.17, 15) is 14.7 Å². The number of anilines is 1. The zero-order valence-corrected chi connectivity index (χ0v) is 17.7. The van der Waals surface area contributed by atoms with Gasteiger partial charge in [0.25, 0.3) is 5.91 Å². The van der Waals surface area contributed by atoms with Crippen molar-refractivity contribution in [1.82, 2.24) is 4.90 Å². The molecule has 0 radical (unpaired) electrons. The van der Waals surface area contributed by atoms with Crippen LogP contribution in [0.2, 0.25) is 0 Å². The van der Waals surface area contributed by atoms with E-state index in [1.54, 1.807) is 30.2 Å². The van der Waals surface area contributed by atoms with Crippen molar-refractivity contribution < 1.29 is 19.4 Å². The first kappa shape index (κ1) is 20.7. The molecule has 1 saturated heterocycles. The highest BCUT2D eigenvalue weighted by molar-refractivity contribution is 6.08. The molecule has 1 aliphatic heterocycles. The number of carbonyl (C=O) groups excluding carboxylic acids is 2. The SMILES string of the molecule is COc1ccc(C(=O)N2CCC[C@@H](C(=O)Nc3ccc(C)cc3O)C2)c2ccccc12. The number of nitrogens with one attached hydrogen (secondary N) is 1. The summed E-state index contributed by atoms with van der Waals surface area (Å²) in [5, 5.41) is 14.6. The molecule has 0 aromatic heterocycles. The van der Waals surface area contributed by atoms with E-state index in [1.807, 2.05) is 43.3 Å². The molecule has 0 unspecified atom stereocenters. The fraction of sp³-hybridized carbons (Fsp3) is 0.280. The van der Waals surface area contributed by atoms with Gasteiger partial charge in [-0.05, 0) is 55.0 Å². The van der Waals surface area contributed by atoms with Gasteiger partial charge in [-0.15, -0.1) is 0 Å². The Balaban J connectivity index is 1.53. The zero-order chi connectivity index (χ0) is 22.0.